The topological polar surface area (TPSA) is 91.8 Å². The normalized spacial score (nSPS) is 18.5. The zero-order valence-electron chi connectivity index (χ0n) is 21.0. The second kappa shape index (κ2) is 10.3. The molecule has 0 N–H and O–H groups in total. The monoisotopic (exact) mass is 502 g/mol. The minimum absolute atomic E-state index is 0.0105. The van der Waals surface area contributed by atoms with Crippen molar-refractivity contribution in [1.82, 2.24) is 19.9 Å². The van der Waals surface area contributed by atoms with Crippen molar-refractivity contribution >= 4 is 23.5 Å². The lowest BCUT2D eigenvalue weighted by molar-refractivity contribution is -0.136. The molecule has 2 aliphatic rings. The predicted molar refractivity (Wildman–Crippen MR) is 130 cm³/mol. The van der Waals surface area contributed by atoms with Gasteiger partial charge in [-0.3, -0.25) is 9.59 Å². The molecule has 0 radical (unpaired) electrons. The lowest BCUT2D eigenvalue weighted by Crippen LogP contribution is -2.55. The SMILES string of the molecule is CC(C)N(C)C(=O)C1CN(c2ncc(N3CC[C@@H](Cc4ccc(OCC(C)(F)F)nc4)C3=O)cn2)C1. The Bertz CT molecular complexity index is 1070. The van der Waals surface area contributed by atoms with Crippen molar-refractivity contribution in [3.8, 4) is 5.88 Å². The molecule has 2 aromatic heterocycles. The fourth-order valence-electron chi connectivity index (χ4n) is 4.24. The van der Waals surface area contributed by atoms with E-state index in [2.05, 4.69) is 15.0 Å². The smallest absolute Gasteiger partial charge is 0.278 e. The molecule has 0 spiro atoms. The van der Waals surface area contributed by atoms with Gasteiger partial charge in [-0.1, -0.05) is 6.07 Å². The van der Waals surface area contributed by atoms with Crippen LogP contribution >= 0.6 is 0 Å². The van der Waals surface area contributed by atoms with E-state index in [4.69, 9.17) is 4.74 Å². The third kappa shape index (κ3) is 5.88. The van der Waals surface area contributed by atoms with Gasteiger partial charge in [-0.25, -0.2) is 23.7 Å². The fourth-order valence-corrected chi connectivity index (χ4v) is 4.24. The average molecular weight is 503 g/mol. The number of carbonyl (C=O) groups excluding carboxylic acids is 2. The van der Waals surface area contributed by atoms with Crippen LogP contribution < -0.4 is 14.5 Å². The van der Waals surface area contributed by atoms with Gasteiger partial charge >= 0.3 is 0 Å². The number of rotatable bonds is 9. The van der Waals surface area contributed by atoms with Gasteiger partial charge in [0.15, 0.2) is 6.61 Å². The number of amides is 2. The van der Waals surface area contributed by atoms with Gasteiger partial charge in [-0.05, 0) is 32.3 Å². The van der Waals surface area contributed by atoms with Crippen LogP contribution in [0.1, 0.15) is 32.8 Å². The molecule has 2 saturated heterocycles. The highest BCUT2D eigenvalue weighted by molar-refractivity contribution is 5.97. The number of pyridine rings is 1. The van der Waals surface area contributed by atoms with Crippen LogP contribution in [0.3, 0.4) is 0 Å². The number of halogens is 2. The van der Waals surface area contributed by atoms with Crippen molar-refractivity contribution in [3.63, 3.8) is 0 Å². The number of anilines is 2. The molecule has 194 valence electrons. The molecule has 2 aromatic rings. The van der Waals surface area contributed by atoms with Gasteiger partial charge < -0.3 is 19.4 Å². The first kappa shape index (κ1) is 25.7. The van der Waals surface area contributed by atoms with E-state index in [-0.39, 0.29) is 35.6 Å². The van der Waals surface area contributed by atoms with Crippen LogP contribution in [0.4, 0.5) is 20.4 Å². The van der Waals surface area contributed by atoms with Crippen molar-refractivity contribution in [1.29, 1.82) is 0 Å². The number of hydrogen-bond donors (Lipinski definition) is 0. The van der Waals surface area contributed by atoms with Crippen LogP contribution in [0.5, 0.6) is 5.88 Å². The molecule has 4 heterocycles. The molecule has 11 heteroatoms. The maximum absolute atomic E-state index is 13.0. The summed E-state index contributed by atoms with van der Waals surface area (Å²) in [7, 11) is 1.82. The molecule has 0 unspecified atom stereocenters. The van der Waals surface area contributed by atoms with Crippen LogP contribution in [-0.2, 0) is 16.0 Å². The number of hydrogen-bond acceptors (Lipinski definition) is 7. The summed E-state index contributed by atoms with van der Waals surface area (Å²) in [4.78, 5) is 43.7. The van der Waals surface area contributed by atoms with E-state index in [0.29, 0.717) is 44.1 Å². The molecule has 2 aliphatic heterocycles. The highest BCUT2D eigenvalue weighted by Gasteiger charge is 2.37. The number of carbonyl (C=O) groups is 2. The highest BCUT2D eigenvalue weighted by atomic mass is 19.3. The zero-order chi connectivity index (χ0) is 26.0. The third-order valence-corrected chi connectivity index (χ3v) is 6.64. The highest BCUT2D eigenvalue weighted by Crippen LogP contribution is 2.29. The molecule has 0 saturated carbocycles. The Kier molecular flexibility index (Phi) is 7.37. The van der Waals surface area contributed by atoms with E-state index in [1.807, 2.05) is 25.8 Å². The average Bonchev–Trinajstić information content (AvgIpc) is 3.16. The lowest BCUT2D eigenvalue weighted by atomic mass is 9.98. The van der Waals surface area contributed by atoms with Gasteiger partial charge in [0.2, 0.25) is 23.6 Å². The quantitative estimate of drug-likeness (QED) is 0.521. The van der Waals surface area contributed by atoms with E-state index < -0.39 is 12.5 Å². The first-order valence-electron chi connectivity index (χ1n) is 12.1. The summed E-state index contributed by atoms with van der Waals surface area (Å²) in [6.45, 7) is 5.76. The summed E-state index contributed by atoms with van der Waals surface area (Å²) < 4.78 is 30.9. The second-order valence-corrected chi connectivity index (χ2v) is 9.93. The number of ether oxygens (including phenoxy) is 1. The van der Waals surface area contributed by atoms with Crippen LogP contribution in [0.2, 0.25) is 0 Å². The van der Waals surface area contributed by atoms with Crippen LogP contribution in [0.25, 0.3) is 0 Å². The Morgan fingerprint density at radius 1 is 1.19 bits per heavy atom. The summed E-state index contributed by atoms with van der Waals surface area (Å²) in [6.07, 6.45) is 6.03. The second-order valence-electron chi connectivity index (χ2n) is 9.93. The molecule has 0 aromatic carbocycles. The van der Waals surface area contributed by atoms with E-state index in [0.717, 1.165) is 12.5 Å². The van der Waals surface area contributed by atoms with Crippen LogP contribution in [0, 0.1) is 11.8 Å². The van der Waals surface area contributed by atoms with E-state index in [1.54, 1.807) is 40.5 Å². The summed E-state index contributed by atoms with van der Waals surface area (Å²) in [6, 6.07) is 3.45. The number of nitrogens with zero attached hydrogens (tertiary/aromatic N) is 6. The van der Waals surface area contributed by atoms with Gasteiger partial charge in [0.25, 0.3) is 5.92 Å². The number of aromatic nitrogens is 3. The summed E-state index contributed by atoms with van der Waals surface area (Å²) >= 11 is 0. The molecule has 4 rings (SSSR count). The zero-order valence-corrected chi connectivity index (χ0v) is 21.0. The molecular weight excluding hydrogens is 470 g/mol. The molecule has 2 amide bonds. The summed E-state index contributed by atoms with van der Waals surface area (Å²) in [5.74, 6) is -2.39. The first-order valence-corrected chi connectivity index (χ1v) is 12.1. The van der Waals surface area contributed by atoms with Crippen molar-refractivity contribution in [2.45, 2.75) is 45.6 Å². The summed E-state index contributed by atoms with van der Waals surface area (Å²) in [5, 5.41) is 0. The Morgan fingerprint density at radius 3 is 2.47 bits per heavy atom. The van der Waals surface area contributed by atoms with Gasteiger partial charge in [0, 0.05) is 57.8 Å². The fraction of sp³-hybridized carbons (Fsp3) is 0.560. The van der Waals surface area contributed by atoms with Crippen LogP contribution in [0.15, 0.2) is 30.7 Å². The molecule has 36 heavy (non-hydrogen) atoms. The Morgan fingerprint density at radius 2 is 1.89 bits per heavy atom. The van der Waals surface area contributed by atoms with Crippen molar-refractivity contribution < 1.29 is 23.1 Å². The number of alkyl halides is 2. The lowest BCUT2D eigenvalue weighted by Gasteiger charge is -2.40. The molecule has 2 fully saturated rings. The van der Waals surface area contributed by atoms with Gasteiger partial charge in [0.05, 0.1) is 24.0 Å². The minimum Gasteiger partial charge on any atom is -0.471 e. The van der Waals surface area contributed by atoms with Crippen molar-refractivity contribution in [2.24, 2.45) is 11.8 Å². The maximum Gasteiger partial charge on any atom is 0.278 e. The molecule has 0 bridgehead atoms. The predicted octanol–water partition coefficient (Wildman–Crippen LogP) is 2.80. The van der Waals surface area contributed by atoms with Gasteiger partial charge in [0.1, 0.15) is 0 Å². The molecule has 1 atom stereocenters. The Labute approximate surface area is 209 Å². The van der Waals surface area contributed by atoms with Gasteiger partial charge in [-0.15, -0.1) is 0 Å². The third-order valence-electron chi connectivity index (χ3n) is 6.64. The molecular formula is C25H32F2N6O3. The first-order chi connectivity index (χ1) is 17.0. The molecule has 0 aliphatic carbocycles. The van der Waals surface area contributed by atoms with Gasteiger partial charge in [-0.2, -0.15) is 0 Å². The summed E-state index contributed by atoms with van der Waals surface area (Å²) in [5.41, 5.74) is 1.48. The largest absolute Gasteiger partial charge is 0.471 e. The van der Waals surface area contributed by atoms with E-state index in [9.17, 15) is 18.4 Å². The maximum atomic E-state index is 13.0. The van der Waals surface area contributed by atoms with E-state index in [1.165, 1.54) is 0 Å². The van der Waals surface area contributed by atoms with E-state index >= 15 is 0 Å². The van der Waals surface area contributed by atoms with Crippen molar-refractivity contribution in [3.05, 3.63) is 36.3 Å². The Balaban J connectivity index is 1.29. The Hall–Kier alpha value is -3.37. The molecule has 9 nitrogen and oxygen atoms in total. The van der Waals surface area contributed by atoms with Crippen molar-refractivity contribution in [2.75, 3.05) is 43.1 Å². The standard InChI is InChI=1S/C25H32F2N6O3/c1-16(2)31(4)22(34)19-13-32(14-19)24-29-11-20(12-30-24)33-8-7-18(23(33)35)9-17-5-6-21(28-10-17)36-15-25(3,26)27/h5-6,10-12,16,18-19H,7-9,13-15H2,1-4H3/t18-/m0/s1. The van der Waals surface area contributed by atoms with Crippen LogP contribution in [-0.4, -0.2) is 76.9 Å². The minimum atomic E-state index is -2.93.